The van der Waals surface area contributed by atoms with E-state index in [9.17, 15) is 10.0 Å². The zero-order valence-electron chi connectivity index (χ0n) is 15.7. The van der Waals surface area contributed by atoms with Crippen molar-refractivity contribution < 1.29 is 23.9 Å². The van der Waals surface area contributed by atoms with E-state index < -0.39 is 5.41 Å². The number of para-hydroxylation sites is 1. The first kappa shape index (κ1) is 16.9. The third kappa shape index (κ3) is 2.17. The van der Waals surface area contributed by atoms with Crippen molar-refractivity contribution in [1.29, 1.82) is 0 Å². The van der Waals surface area contributed by atoms with Crippen molar-refractivity contribution in [3.8, 4) is 5.75 Å². The van der Waals surface area contributed by atoms with Crippen LogP contribution in [-0.4, -0.2) is 37.0 Å². The summed E-state index contributed by atoms with van der Waals surface area (Å²) in [5.41, 5.74) is 4.97. The molecule has 0 bridgehead atoms. The molecule has 3 aliphatic rings. The number of anilines is 2. The van der Waals surface area contributed by atoms with Gasteiger partial charge in [-0.25, -0.2) is 0 Å². The summed E-state index contributed by atoms with van der Waals surface area (Å²) in [7, 11) is 0. The summed E-state index contributed by atoms with van der Waals surface area (Å²) in [6, 6.07) is 11.6. The predicted octanol–water partition coefficient (Wildman–Crippen LogP) is 3.44. The van der Waals surface area contributed by atoms with E-state index in [1.165, 1.54) is 6.26 Å². The highest BCUT2D eigenvalue weighted by atomic mass is 16.5. The zero-order valence-corrected chi connectivity index (χ0v) is 15.7. The van der Waals surface area contributed by atoms with Gasteiger partial charge in [-0.15, -0.1) is 0 Å². The molecule has 148 valence electrons. The smallest absolute Gasteiger partial charge is 0.245 e. The van der Waals surface area contributed by atoms with Gasteiger partial charge in [-0.3, -0.25) is 15.5 Å². The number of hydrogen-bond acceptors (Lipinski definition) is 6. The molecule has 1 amide bonds. The molecule has 2 N–H and O–H groups in total. The van der Waals surface area contributed by atoms with Gasteiger partial charge < -0.3 is 18.8 Å². The molecule has 3 aliphatic heterocycles. The van der Waals surface area contributed by atoms with Gasteiger partial charge in [0.2, 0.25) is 5.91 Å². The number of nitrogens with zero attached hydrogens (tertiary/aromatic N) is 1. The first-order valence-corrected chi connectivity index (χ1v) is 9.84. The van der Waals surface area contributed by atoms with Crippen molar-refractivity contribution in [3.05, 3.63) is 53.8 Å². The monoisotopic (exact) mass is 392 g/mol. The number of amides is 1. The van der Waals surface area contributed by atoms with Crippen LogP contribution in [0.2, 0.25) is 0 Å². The maximum absolute atomic E-state index is 13.9. The molecule has 7 heteroatoms. The number of carbonyl (C=O) groups excluding carboxylic acids is 1. The molecule has 2 atom stereocenters. The molecular formula is C22H20N2O5. The average molecular weight is 392 g/mol. The summed E-state index contributed by atoms with van der Waals surface area (Å²) in [5.74, 6) is 0.646. The third-order valence-electron chi connectivity index (χ3n) is 6.38. The van der Waals surface area contributed by atoms with Gasteiger partial charge in [-0.2, -0.15) is 0 Å². The fourth-order valence-corrected chi connectivity index (χ4v) is 4.96. The molecule has 1 aromatic heterocycles. The van der Waals surface area contributed by atoms with Crippen molar-refractivity contribution in [1.82, 2.24) is 0 Å². The van der Waals surface area contributed by atoms with Crippen LogP contribution in [0.4, 0.5) is 11.4 Å². The summed E-state index contributed by atoms with van der Waals surface area (Å²) in [6.07, 6.45) is 3.50. The lowest BCUT2D eigenvalue weighted by atomic mass is 9.77. The first-order valence-electron chi connectivity index (χ1n) is 9.84. The van der Waals surface area contributed by atoms with Crippen molar-refractivity contribution in [2.75, 3.05) is 30.1 Å². The molecule has 1 fully saturated rings. The number of benzene rings is 2. The molecule has 1 saturated heterocycles. The molecule has 7 nitrogen and oxygen atoms in total. The summed E-state index contributed by atoms with van der Waals surface area (Å²) < 4.78 is 17.3. The van der Waals surface area contributed by atoms with Crippen LogP contribution in [0.15, 0.2) is 47.1 Å². The van der Waals surface area contributed by atoms with Gasteiger partial charge in [0.25, 0.3) is 0 Å². The summed E-state index contributed by atoms with van der Waals surface area (Å²) in [4.78, 5) is 15.7. The molecule has 0 saturated carbocycles. The number of nitrogens with one attached hydrogen (secondary N) is 1. The van der Waals surface area contributed by atoms with Crippen LogP contribution in [-0.2, 0) is 14.9 Å². The summed E-state index contributed by atoms with van der Waals surface area (Å²) >= 11 is 0. The third-order valence-corrected chi connectivity index (χ3v) is 6.38. The Balaban J connectivity index is 1.53. The van der Waals surface area contributed by atoms with E-state index in [4.69, 9.17) is 13.9 Å². The summed E-state index contributed by atoms with van der Waals surface area (Å²) in [5, 5.41) is 10.1. The Morgan fingerprint density at radius 1 is 1.24 bits per heavy atom. The quantitative estimate of drug-likeness (QED) is 0.665. The second kappa shape index (κ2) is 5.98. The molecule has 6 rings (SSSR count). The Bertz CT molecular complexity index is 1130. The highest BCUT2D eigenvalue weighted by Gasteiger charge is 2.57. The van der Waals surface area contributed by atoms with E-state index in [1.54, 1.807) is 6.07 Å². The van der Waals surface area contributed by atoms with E-state index in [2.05, 4.69) is 5.48 Å². The predicted molar refractivity (Wildman–Crippen MR) is 106 cm³/mol. The molecule has 1 unspecified atom stereocenters. The maximum atomic E-state index is 13.9. The van der Waals surface area contributed by atoms with Crippen LogP contribution in [0.5, 0.6) is 5.75 Å². The van der Waals surface area contributed by atoms with Gasteiger partial charge in [0, 0.05) is 29.3 Å². The van der Waals surface area contributed by atoms with Crippen molar-refractivity contribution in [2.24, 2.45) is 0 Å². The van der Waals surface area contributed by atoms with Gasteiger partial charge in [-0.05, 0) is 30.5 Å². The van der Waals surface area contributed by atoms with Crippen LogP contribution in [0.25, 0.3) is 11.0 Å². The first-order chi connectivity index (χ1) is 14.2. The highest BCUT2D eigenvalue weighted by Crippen LogP contribution is 2.53. The normalized spacial score (nSPS) is 24.9. The van der Waals surface area contributed by atoms with Gasteiger partial charge in [0.05, 0.1) is 12.6 Å². The SMILES string of the molecule is O=C1N(C[C@H]2CCCO2)c2ccccc2C12COc1cc3occ(NO)c3cc12. The average Bonchev–Trinajstić information content (AvgIpc) is 3.51. The molecule has 2 aromatic carbocycles. The van der Waals surface area contributed by atoms with Gasteiger partial charge in [0.1, 0.15) is 35.3 Å². The largest absolute Gasteiger partial charge is 0.491 e. The van der Waals surface area contributed by atoms with E-state index >= 15 is 0 Å². The number of ether oxygens (including phenoxy) is 2. The van der Waals surface area contributed by atoms with Crippen LogP contribution in [0.1, 0.15) is 24.0 Å². The second-order valence-corrected chi connectivity index (χ2v) is 7.87. The minimum absolute atomic E-state index is 0.00861. The minimum atomic E-state index is -0.900. The maximum Gasteiger partial charge on any atom is 0.245 e. The van der Waals surface area contributed by atoms with Crippen molar-refractivity contribution in [3.63, 3.8) is 0 Å². The number of carbonyl (C=O) groups is 1. The molecule has 0 radical (unpaired) electrons. The Hall–Kier alpha value is -3.03. The Morgan fingerprint density at radius 2 is 2.14 bits per heavy atom. The molecular weight excluding hydrogens is 372 g/mol. The van der Waals surface area contributed by atoms with Crippen LogP contribution in [0.3, 0.4) is 0 Å². The zero-order chi connectivity index (χ0) is 19.6. The van der Waals surface area contributed by atoms with Gasteiger partial charge in [-0.1, -0.05) is 18.2 Å². The number of hydrogen-bond donors (Lipinski definition) is 2. The van der Waals surface area contributed by atoms with E-state index in [1.807, 2.05) is 35.2 Å². The second-order valence-electron chi connectivity index (χ2n) is 7.87. The number of fused-ring (bicyclic) bond motifs is 5. The van der Waals surface area contributed by atoms with E-state index in [0.29, 0.717) is 29.0 Å². The van der Waals surface area contributed by atoms with Crippen molar-refractivity contribution >= 4 is 28.3 Å². The van der Waals surface area contributed by atoms with Crippen LogP contribution >= 0.6 is 0 Å². The lowest BCUT2D eigenvalue weighted by Crippen LogP contribution is -2.44. The highest BCUT2D eigenvalue weighted by molar-refractivity contribution is 6.12. The lowest BCUT2D eigenvalue weighted by Gasteiger charge is -2.24. The Kier molecular flexibility index (Phi) is 3.48. The topological polar surface area (TPSA) is 84.2 Å². The molecule has 0 aliphatic carbocycles. The fourth-order valence-electron chi connectivity index (χ4n) is 4.96. The van der Waals surface area contributed by atoms with Gasteiger partial charge in [0.15, 0.2) is 0 Å². The Morgan fingerprint density at radius 3 is 2.97 bits per heavy atom. The molecule has 29 heavy (non-hydrogen) atoms. The van der Waals surface area contributed by atoms with E-state index in [-0.39, 0.29) is 18.6 Å². The van der Waals surface area contributed by atoms with Crippen LogP contribution < -0.4 is 15.1 Å². The van der Waals surface area contributed by atoms with E-state index in [0.717, 1.165) is 36.3 Å². The number of rotatable bonds is 3. The van der Waals surface area contributed by atoms with Gasteiger partial charge >= 0.3 is 0 Å². The lowest BCUT2D eigenvalue weighted by molar-refractivity contribution is -0.122. The Labute approximate surface area is 166 Å². The number of furan rings is 1. The molecule has 1 spiro atoms. The van der Waals surface area contributed by atoms with Crippen LogP contribution in [0, 0.1) is 0 Å². The fraction of sp³-hybridized carbons (Fsp3) is 0.318. The minimum Gasteiger partial charge on any atom is -0.491 e. The molecule has 4 heterocycles. The summed E-state index contributed by atoms with van der Waals surface area (Å²) in [6.45, 7) is 1.54. The standard InChI is InChI=1S/C22H20N2O5/c25-21-22(12-29-20-9-19-14(8-16(20)22)17(23-26)11-28-19)15-5-1-2-6-18(15)24(21)10-13-4-3-7-27-13/h1-2,5-6,8-9,11,13,23,26H,3-4,7,10,12H2/t13-,22?/m1/s1. The molecule has 3 aromatic rings. The van der Waals surface area contributed by atoms with Crippen molar-refractivity contribution in [2.45, 2.75) is 24.4 Å².